The van der Waals surface area contributed by atoms with Crippen LogP contribution in [0.4, 0.5) is 0 Å². The smallest absolute Gasteiger partial charge is 0.147 e. The molecule has 0 bridgehead atoms. The van der Waals surface area contributed by atoms with Crippen molar-refractivity contribution >= 4 is 23.2 Å². The monoisotopic (exact) mass is 154 g/mol. The van der Waals surface area contributed by atoms with Gasteiger partial charge in [0.2, 0.25) is 0 Å². The summed E-state index contributed by atoms with van der Waals surface area (Å²) in [7, 11) is 0. The molecule has 0 saturated carbocycles. The lowest BCUT2D eigenvalue weighted by Gasteiger charge is -2.20. The molecular formula is C4H6Cl2NO. The van der Waals surface area contributed by atoms with Crippen LogP contribution in [0, 0.1) is 0 Å². The van der Waals surface area contributed by atoms with Gasteiger partial charge in [0.15, 0.2) is 0 Å². The molecule has 1 heterocycles. The fourth-order valence-electron chi connectivity index (χ4n) is 0.524. The van der Waals surface area contributed by atoms with Gasteiger partial charge >= 0.3 is 0 Å². The van der Waals surface area contributed by atoms with Crippen molar-refractivity contribution in [2.24, 2.45) is 0 Å². The number of alkyl halides is 2. The van der Waals surface area contributed by atoms with Crippen LogP contribution in [0.5, 0.6) is 0 Å². The van der Waals surface area contributed by atoms with Gasteiger partial charge < -0.3 is 4.74 Å². The van der Waals surface area contributed by atoms with E-state index >= 15 is 0 Å². The molecule has 2 nitrogen and oxygen atoms in total. The van der Waals surface area contributed by atoms with Gasteiger partial charge in [0.25, 0.3) is 0 Å². The number of hydrogen-bond donors (Lipinski definition) is 0. The summed E-state index contributed by atoms with van der Waals surface area (Å²) in [5, 5.41) is 3.95. The lowest BCUT2D eigenvalue weighted by atomic mass is 10.5. The molecule has 0 N–H and O–H groups in total. The third kappa shape index (κ3) is 1.78. The summed E-state index contributed by atoms with van der Waals surface area (Å²) in [6, 6.07) is 0. The Bertz CT molecular complexity index is 72.4. The van der Waals surface area contributed by atoms with Crippen LogP contribution in [0.2, 0.25) is 0 Å². The third-order valence-corrected chi connectivity index (χ3v) is 1.32. The Labute approximate surface area is 58.1 Å². The SMILES string of the molecule is ClC1C[N]CC(Cl)O1. The topological polar surface area (TPSA) is 23.3 Å². The molecule has 0 amide bonds. The Balaban J connectivity index is 2.23. The second-order valence-corrected chi connectivity index (χ2v) is 2.52. The summed E-state index contributed by atoms with van der Waals surface area (Å²) in [5.41, 5.74) is -0.627. The highest BCUT2D eigenvalue weighted by Gasteiger charge is 2.17. The summed E-state index contributed by atoms with van der Waals surface area (Å²) >= 11 is 11.0. The van der Waals surface area contributed by atoms with E-state index in [1.165, 1.54) is 0 Å². The summed E-state index contributed by atoms with van der Waals surface area (Å²) in [5.74, 6) is 0. The van der Waals surface area contributed by atoms with E-state index in [0.717, 1.165) is 0 Å². The highest BCUT2D eigenvalue weighted by atomic mass is 35.5. The largest absolute Gasteiger partial charge is 0.341 e. The molecule has 0 aromatic carbocycles. The zero-order chi connectivity index (χ0) is 5.98. The molecule has 2 unspecified atom stereocenters. The standard InChI is InChI=1S/C4H6Cl2NO/c5-3-1-7-2-4(6)8-3/h3-4H,1-2H2. The number of morpholine rings is 1. The van der Waals surface area contributed by atoms with E-state index in [9.17, 15) is 0 Å². The summed E-state index contributed by atoms with van der Waals surface area (Å²) in [6.07, 6.45) is 0. The Morgan fingerprint density at radius 1 is 1.25 bits per heavy atom. The summed E-state index contributed by atoms with van der Waals surface area (Å²) in [6.45, 7) is 1.12. The van der Waals surface area contributed by atoms with Crippen molar-refractivity contribution in [1.82, 2.24) is 5.32 Å². The molecule has 47 valence electrons. The Morgan fingerprint density at radius 2 is 1.75 bits per heavy atom. The first kappa shape index (κ1) is 6.62. The number of ether oxygens (including phenoxy) is 1. The number of nitrogens with zero attached hydrogens (tertiary/aromatic N) is 1. The zero-order valence-electron chi connectivity index (χ0n) is 4.18. The molecule has 1 saturated heterocycles. The fraction of sp³-hybridized carbons (Fsp3) is 1.00. The first-order chi connectivity index (χ1) is 3.79. The van der Waals surface area contributed by atoms with E-state index in [-0.39, 0.29) is 11.1 Å². The quantitative estimate of drug-likeness (QED) is 0.473. The van der Waals surface area contributed by atoms with Crippen LogP contribution in [0.1, 0.15) is 0 Å². The van der Waals surface area contributed by atoms with Gasteiger partial charge in [0, 0.05) is 0 Å². The Hall–Kier alpha value is 0.500. The number of hydrogen-bond acceptors (Lipinski definition) is 1. The average Bonchev–Trinajstić information content (AvgIpc) is 1.64. The molecule has 1 aliphatic heterocycles. The lowest BCUT2D eigenvalue weighted by molar-refractivity contribution is 0.0517. The van der Waals surface area contributed by atoms with Crippen molar-refractivity contribution in [3.63, 3.8) is 0 Å². The molecule has 8 heavy (non-hydrogen) atoms. The van der Waals surface area contributed by atoms with Crippen molar-refractivity contribution in [3.8, 4) is 0 Å². The van der Waals surface area contributed by atoms with Crippen molar-refractivity contribution < 1.29 is 4.74 Å². The molecule has 0 aromatic heterocycles. The predicted molar refractivity (Wildman–Crippen MR) is 32.2 cm³/mol. The maximum Gasteiger partial charge on any atom is 0.147 e. The molecule has 1 aliphatic rings. The van der Waals surface area contributed by atoms with Crippen LogP contribution in [0.15, 0.2) is 0 Å². The van der Waals surface area contributed by atoms with Gasteiger partial charge in [-0.05, 0) is 0 Å². The van der Waals surface area contributed by atoms with Gasteiger partial charge in [-0.3, -0.25) is 0 Å². The van der Waals surface area contributed by atoms with Crippen LogP contribution in [-0.4, -0.2) is 24.2 Å². The Kier molecular flexibility index (Phi) is 2.38. The van der Waals surface area contributed by atoms with E-state index in [0.29, 0.717) is 13.1 Å². The highest BCUT2D eigenvalue weighted by molar-refractivity contribution is 6.22. The van der Waals surface area contributed by atoms with Gasteiger partial charge in [-0.1, -0.05) is 23.2 Å². The van der Waals surface area contributed by atoms with Gasteiger partial charge in [-0.15, -0.1) is 0 Å². The molecule has 0 aromatic rings. The fourth-order valence-corrected chi connectivity index (χ4v) is 1.02. The lowest BCUT2D eigenvalue weighted by Crippen LogP contribution is -2.35. The first-order valence-electron chi connectivity index (χ1n) is 2.36. The molecule has 0 aliphatic carbocycles. The summed E-state index contributed by atoms with van der Waals surface area (Å²) in [4.78, 5) is 0. The molecular weight excluding hydrogens is 149 g/mol. The van der Waals surface area contributed by atoms with Gasteiger partial charge in [-0.25, -0.2) is 5.32 Å². The van der Waals surface area contributed by atoms with Crippen LogP contribution < -0.4 is 5.32 Å². The van der Waals surface area contributed by atoms with Gasteiger partial charge in [0.1, 0.15) is 11.1 Å². The van der Waals surface area contributed by atoms with E-state index in [2.05, 4.69) is 5.32 Å². The number of halogens is 2. The van der Waals surface area contributed by atoms with E-state index in [1.54, 1.807) is 0 Å². The highest BCUT2D eigenvalue weighted by Crippen LogP contribution is 2.10. The van der Waals surface area contributed by atoms with Gasteiger partial charge in [0.05, 0.1) is 13.1 Å². The maximum atomic E-state index is 5.51. The zero-order valence-corrected chi connectivity index (χ0v) is 5.69. The normalized spacial score (nSPS) is 39.8. The molecule has 1 fully saturated rings. The predicted octanol–water partition coefficient (Wildman–Crippen LogP) is 0.751. The first-order valence-corrected chi connectivity index (χ1v) is 3.23. The van der Waals surface area contributed by atoms with Crippen LogP contribution in [0.25, 0.3) is 0 Å². The molecule has 0 spiro atoms. The average molecular weight is 155 g/mol. The van der Waals surface area contributed by atoms with E-state index in [1.807, 2.05) is 0 Å². The summed E-state index contributed by atoms with van der Waals surface area (Å²) < 4.78 is 4.92. The molecule has 1 radical (unpaired) electrons. The maximum absolute atomic E-state index is 5.51. The van der Waals surface area contributed by atoms with Crippen molar-refractivity contribution in [2.45, 2.75) is 11.1 Å². The minimum atomic E-state index is -0.314. The minimum Gasteiger partial charge on any atom is -0.341 e. The van der Waals surface area contributed by atoms with Crippen LogP contribution in [-0.2, 0) is 4.74 Å². The van der Waals surface area contributed by atoms with Crippen molar-refractivity contribution in [3.05, 3.63) is 0 Å². The second-order valence-electron chi connectivity index (χ2n) is 1.54. The molecule has 4 heteroatoms. The van der Waals surface area contributed by atoms with Crippen molar-refractivity contribution in [1.29, 1.82) is 0 Å². The van der Waals surface area contributed by atoms with E-state index in [4.69, 9.17) is 27.9 Å². The van der Waals surface area contributed by atoms with Gasteiger partial charge in [-0.2, -0.15) is 0 Å². The van der Waals surface area contributed by atoms with Crippen molar-refractivity contribution in [2.75, 3.05) is 13.1 Å². The minimum absolute atomic E-state index is 0.314. The van der Waals surface area contributed by atoms with Crippen LogP contribution >= 0.6 is 23.2 Å². The third-order valence-electron chi connectivity index (χ3n) is 0.841. The number of rotatable bonds is 0. The van der Waals surface area contributed by atoms with E-state index < -0.39 is 0 Å². The Morgan fingerprint density at radius 3 is 2.00 bits per heavy atom. The van der Waals surface area contributed by atoms with Crippen LogP contribution in [0.3, 0.4) is 0 Å². The molecule has 1 rings (SSSR count). The molecule has 2 atom stereocenters. The second kappa shape index (κ2) is 2.87.